The van der Waals surface area contributed by atoms with Crippen LogP contribution in [0.4, 0.5) is 10.6 Å². The summed E-state index contributed by atoms with van der Waals surface area (Å²) in [6.45, 7) is 7.26. The number of nitrogens with zero attached hydrogens (tertiary/aromatic N) is 5. The number of carbonyl (C=O) groups is 2. The molecule has 3 atom stereocenters. The van der Waals surface area contributed by atoms with E-state index in [1.54, 1.807) is 0 Å². The number of piperidine rings is 1. The van der Waals surface area contributed by atoms with Crippen molar-refractivity contribution in [3.8, 4) is 6.07 Å². The summed E-state index contributed by atoms with van der Waals surface area (Å²) >= 11 is 0. The molecule has 0 spiro atoms. The summed E-state index contributed by atoms with van der Waals surface area (Å²) in [7, 11) is 3.97. The van der Waals surface area contributed by atoms with Crippen LogP contribution >= 0.6 is 0 Å². The van der Waals surface area contributed by atoms with Crippen molar-refractivity contribution < 1.29 is 9.59 Å². The number of urea groups is 1. The molecule has 2 aliphatic rings. The lowest BCUT2D eigenvalue weighted by Gasteiger charge is -2.47. The monoisotopic (exact) mass is 469 g/mol. The Morgan fingerprint density at radius 2 is 2.06 bits per heavy atom. The molecule has 0 unspecified atom stereocenters. The highest BCUT2D eigenvalue weighted by atomic mass is 16.2. The average Bonchev–Trinajstić information content (AvgIpc) is 2.80. The van der Waals surface area contributed by atoms with Gasteiger partial charge in [-0.1, -0.05) is 6.92 Å². The van der Waals surface area contributed by atoms with Gasteiger partial charge in [0.05, 0.1) is 11.5 Å². The van der Waals surface area contributed by atoms with E-state index in [0.717, 1.165) is 43.5 Å². The van der Waals surface area contributed by atoms with E-state index in [4.69, 9.17) is 5.73 Å². The Morgan fingerprint density at radius 3 is 2.71 bits per heavy atom. The molecular formula is C25H39N7O2. The van der Waals surface area contributed by atoms with Gasteiger partial charge in [-0.25, -0.2) is 9.78 Å². The van der Waals surface area contributed by atoms with Crippen molar-refractivity contribution in [1.29, 1.82) is 5.26 Å². The third-order valence-electron chi connectivity index (χ3n) is 7.05. The molecule has 2 heterocycles. The van der Waals surface area contributed by atoms with Gasteiger partial charge in [0.15, 0.2) is 0 Å². The predicted molar refractivity (Wildman–Crippen MR) is 132 cm³/mol. The fraction of sp³-hybridized carbons (Fsp3) is 0.680. The van der Waals surface area contributed by atoms with Gasteiger partial charge in [0.2, 0.25) is 5.91 Å². The molecule has 0 bridgehead atoms. The first-order chi connectivity index (χ1) is 16.3. The predicted octanol–water partition coefficient (Wildman–Crippen LogP) is 1.86. The van der Waals surface area contributed by atoms with Crippen LogP contribution in [0.3, 0.4) is 0 Å². The van der Waals surface area contributed by atoms with Crippen LogP contribution in [0.5, 0.6) is 0 Å². The number of carbonyl (C=O) groups excluding carboxylic acids is 2. The number of nitrogens with one attached hydrogen (secondary N) is 1. The molecular weight excluding hydrogens is 430 g/mol. The van der Waals surface area contributed by atoms with Gasteiger partial charge in [-0.3, -0.25) is 14.6 Å². The van der Waals surface area contributed by atoms with Crippen LogP contribution in [0.15, 0.2) is 6.20 Å². The number of amides is 3. The van der Waals surface area contributed by atoms with E-state index < -0.39 is 0 Å². The molecule has 0 radical (unpaired) electrons. The number of rotatable bonds is 8. The van der Waals surface area contributed by atoms with Crippen molar-refractivity contribution in [3.05, 3.63) is 22.9 Å². The van der Waals surface area contributed by atoms with Gasteiger partial charge >= 0.3 is 6.03 Å². The number of nitrogens with two attached hydrogens (primary N) is 1. The number of hydrogen-bond acceptors (Lipinski definition) is 7. The van der Waals surface area contributed by atoms with Crippen LogP contribution in [0.2, 0.25) is 0 Å². The molecule has 9 heteroatoms. The Labute approximate surface area is 203 Å². The number of nitrogen functional groups attached to an aromatic ring is 1. The van der Waals surface area contributed by atoms with Gasteiger partial charge in [0.1, 0.15) is 11.9 Å². The maximum Gasteiger partial charge on any atom is 0.324 e. The molecule has 186 valence electrons. The number of anilines is 1. The van der Waals surface area contributed by atoms with Crippen molar-refractivity contribution in [3.63, 3.8) is 0 Å². The van der Waals surface area contributed by atoms with E-state index in [1.807, 2.05) is 27.2 Å². The van der Waals surface area contributed by atoms with E-state index in [-0.39, 0.29) is 29.6 Å². The van der Waals surface area contributed by atoms with Gasteiger partial charge in [-0.2, -0.15) is 5.26 Å². The van der Waals surface area contributed by atoms with Crippen molar-refractivity contribution in [2.75, 3.05) is 52.6 Å². The van der Waals surface area contributed by atoms with E-state index in [2.05, 4.69) is 33.1 Å². The lowest BCUT2D eigenvalue weighted by Crippen LogP contribution is -2.57. The molecule has 1 fully saturated rings. The van der Waals surface area contributed by atoms with Crippen LogP contribution in [-0.4, -0.2) is 84.5 Å². The quantitative estimate of drug-likeness (QED) is 0.596. The Hall–Kier alpha value is -2.70. The fourth-order valence-corrected chi connectivity index (χ4v) is 5.50. The molecule has 9 nitrogen and oxygen atoms in total. The molecule has 1 aromatic rings. The fourth-order valence-electron chi connectivity index (χ4n) is 5.50. The van der Waals surface area contributed by atoms with Crippen LogP contribution in [0, 0.1) is 23.2 Å². The largest absolute Gasteiger partial charge is 0.383 e. The van der Waals surface area contributed by atoms with E-state index in [9.17, 15) is 14.9 Å². The van der Waals surface area contributed by atoms with Crippen LogP contribution in [-0.2, 0) is 17.6 Å². The molecule has 1 aliphatic heterocycles. The summed E-state index contributed by atoms with van der Waals surface area (Å²) in [5.41, 5.74) is 8.53. The van der Waals surface area contributed by atoms with Gasteiger partial charge < -0.3 is 16.0 Å². The third kappa shape index (κ3) is 5.68. The second kappa shape index (κ2) is 11.6. The number of fused-ring (bicyclic) bond motifs is 2. The number of hydrogen-bond donors (Lipinski definition) is 2. The minimum atomic E-state index is -0.310. The third-order valence-corrected chi connectivity index (χ3v) is 7.05. The first-order valence-electron chi connectivity index (χ1n) is 12.4. The number of aromatic nitrogens is 1. The minimum absolute atomic E-state index is 0.0928. The topological polar surface area (TPSA) is 119 Å². The highest BCUT2D eigenvalue weighted by Crippen LogP contribution is 2.39. The summed E-state index contributed by atoms with van der Waals surface area (Å²) in [4.78, 5) is 36.6. The summed E-state index contributed by atoms with van der Waals surface area (Å²) < 4.78 is 0. The van der Waals surface area contributed by atoms with E-state index in [1.165, 1.54) is 4.90 Å². The first-order valence-corrected chi connectivity index (χ1v) is 12.4. The molecule has 0 saturated carbocycles. The van der Waals surface area contributed by atoms with Crippen LogP contribution in [0.25, 0.3) is 0 Å². The van der Waals surface area contributed by atoms with Crippen LogP contribution < -0.4 is 11.1 Å². The zero-order valence-electron chi connectivity index (χ0n) is 21.0. The molecule has 0 aromatic carbocycles. The van der Waals surface area contributed by atoms with E-state index >= 15 is 0 Å². The highest BCUT2D eigenvalue weighted by molar-refractivity contribution is 5.95. The average molecular weight is 470 g/mol. The second-order valence-electron chi connectivity index (χ2n) is 9.78. The summed E-state index contributed by atoms with van der Waals surface area (Å²) in [6.07, 6.45) is 5.76. The van der Waals surface area contributed by atoms with Gasteiger partial charge in [-0.05, 0) is 83.3 Å². The number of nitriles is 1. The van der Waals surface area contributed by atoms with Crippen molar-refractivity contribution in [2.45, 2.75) is 52.0 Å². The maximum absolute atomic E-state index is 13.7. The maximum atomic E-state index is 13.7. The molecule has 3 amide bonds. The van der Waals surface area contributed by atoms with Crippen molar-refractivity contribution in [1.82, 2.24) is 25.0 Å². The normalized spacial score (nSPS) is 21.9. The Balaban J connectivity index is 1.84. The Morgan fingerprint density at radius 1 is 1.29 bits per heavy atom. The number of imide groups is 1. The molecule has 1 aliphatic carbocycles. The van der Waals surface area contributed by atoms with Crippen molar-refractivity contribution in [2.24, 2.45) is 11.8 Å². The first kappa shape index (κ1) is 25.9. The molecule has 34 heavy (non-hydrogen) atoms. The highest BCUT2D eigenvalue weighted by Gasteiger charge is 2.43. The molecule has 1 saturated heterocycles. The summed E-state index contributed by atoms with van der Waals surface area (Å²) in [5, 5.41) is 12.5. The van der Waals surface area contributed by atoms with Crippen LogP contribution in [0.1, 0.15) is 49.8 Å². The minimum Gasteiger partial charge on any atom is -0.383 e. The smallest absolute Gasteiger partial charge is 0.324 e. The summed E-state index contributed by atoms with van der Waals surface area (Å²) in [5.74, 6) is 0.163. The second-order valence-corrected chi connectivity index (χ2v) is 9.78. The van der Waals surface area contributed by atoms with Crippen molar-refractivity contribution >= 4 is 17.8 Å². The van der Waals surface area contributed by atoms with Gasteiger partial charge in [0, 0.05) is 31.9 Å². The SMILES string of the molecule is CCCN1C[C@H](C(=O)N(CCCN(C)C)C(=O)NCC)C[C@@H]2Cc3c(cnc(N)c3C#N)C[C@H]21. The number of likely N-dealkylation sites (tertiary alicyclic amines) is 1. The molecule has 3 rings (SSSR count). The summed E-state index contributed by atoms with van der Waals surface area (Å²) in [6, 6.07) is 2.23. The zero-order valence-corrected chi connectivity index (χ0v) is 21.0. The lowest BCUT2D eigenvalue weighted by atomic mass is 9.71. The van der Waals surface area contributed by atoms with E-state index in [0.29, 0.717) is 44.1 Å². The lowest BCUT2D eigenvalue weighted by molar-refractivity contribution is -0.136. The molecule has 3 N–H and O–H groups in total. The Bertz CT molecular complexity index is 927. The number of pyridine rings is 1. The van der Waals surface area contributed by atoms with Gasteiger partial charge in [0.25, 0.3) is 0 Å². The van der Waals surface area contributed by atoms with Gasteiger partial charge in [-0.15, -0.1) is 0 Å². The Kier molecular flexibility index (Phi) is 8.86. The standard InChI is InChI=1S/C25H39N7O2/c1-5-8-31-16-19(24(33)32(25(34)28-6-2)10-7-9-30(3)4)11-17-12-20-18(13-22(17)31)15-29-23(27)21(20)14-26/h15,17,19,22H,5-13,16H2,1-4H3,(H2,27,29)(H,28,34)/t17-,19-,22-/m1/s1. The zero-order chi connectivity index (χ0) is 24.8. The molecule has 1 aromatic heterocycles.